The van der Waals surface area contributed by atoms with Gasteiger partial charge in [-0.15, -0.1) is 0 Å². The largest absolute Gasteiger partial charge is 0.0683 e. The van der Waals surface area contributed by atoms with Gasteiger partial charge in [-0.05, 0) is 38.8 Å². The summed E-state index contributed by atoms with van der Waals surface area (Å²) < 4.78 is 0. The first-order valence-corrected chi connectivity index (χ1v) is 13.7. The van der Waals surface area contributed by atoms with Crippen molar-refractivity contribution in [2.75, 3.05) is 0 Å². The van der Waals surface area contributed by atoms with E-state index in [0.717, 1.165) is 0 Å². The highest BCUT2D eigenvalue weighted by molar-refractivity contribution is 5.63. The molecular formula is C38H48. The maximum atomic E-state index is 2.16. The van der Waals surface area contributed by atoms with Crippen molar-refractivity contribution in [1.82, 2.24) is 0 Å². The third kappa shape index (κ3) is 17.5. The van der Waals surface area contributed by atoms with Gasteiger partial charge in [-0.3, -0.25) is 0 Å². The van der Waals surface area contributed by atoms with Crippen molar-refractivity contribution < 1.29 is 0 Å². The summed E-state index contributed by atoms with van der Waals surface area (Å²) in [7, 11) is 0. The van der Waals surface area contributed by atoms with Crippen LogP contribution < -0.4 is 0 Å². The predicted octanol–water partition coefficient (Wildman–Crippen LogP) is 11.7. The Morgan fingerprint density at radius 1 is 0.237 bits per heavy atom. The van der Waals surface area contributed by atoms with E-state index in [-0.39, 0.29) is 0 Å². The lowest BCUT2D eigenvalue weighted by Gasteiger charge is -2.00. The van der Waals surface area contributed by atoms with Crippen molar-refractivity contribution >= 4 is 0 Å². The number of hydrogen-bond acceptors (Lipinski definition) is 0. The predicted molar refractivity (Wildman–Crippen MR) is 173 cm³/mol. The van der Waals surface area contributed by atoms with E-state index >= 15 is 0 Å². The quantitative estimate of drug-likeness (QED) is 0.213. The van der Waals surface area contributed by atoms with Crippen molar-refractivity contribution in [2.45, 2.75) is 55.4 Å². The number of benzene rings is 5. The van der Waals surface area contributed by atoms with Crippen LogP contribution in [0.15, 0.2) is 146 Å². The Hall–Kier alpha value is -3.90. The molecule has 0 amide bonds. The molecule has 0 aliphatic carbocycles. The topological polar surface area (TPSA) is 0 Å². The van der Waals surface area contributed by atoms with E-state index in [1.165, 1.54) is 33.4 Å². The molecule has 0 radical (unpaired) electrons. The van der Waals surface area contributed by atoms with Gasteiger partial charge in [0.15, 0.2) is 0 Å². The zero-order valence-corrected chi connectivity index (χ0v) is 24.9. The first-order valence-electron chi connectivity index (χ1n) is 13.7. The van der Waals surface area contributed by atoms with Crippen molar-refractivity contribution in [3.05, 3.63) is 168 Å². The first-order chi connectivity index (χ1) is 18.5. The molecule has 0 saturated carbocycles. The average Bonchev–Trinajstić information content (AvgIpc) is 2.98. The van der Waals surface area contributed by atoms with Crippen LogP contribution in [0.25, 0.3) is 11.1 Å². The number of hydrogen-bond donors (Lipinski definition) is 0. The summed E-state index contributed by atoms with van der Waals surface area (Å²) in [5.41, 5.74) is 7.83. The van der Waals surface area contributed by atoms with Crippen molar-refractivity contribution in [3.63, 3.8) is 0 Å². The molecular weight excluding hydrogens is 456 g/mol. The zero-order chi connectivity index (χ0) is 28.4. The van der Waals surface area contributed by atoms with Gasteiger partial charge in [-0.2, -0.15) is 0 Å². The van der Waals surface area contributed by atoms with Crippen LogP contribution in [0, 0.1) is 27.7 Å². The second-order valence-electron chi connectivity index (χ2n) is 8.20. The molecule has 0 N–H and O–H groups in total. The summed E-state index contributed by atoms with van der Waals surface area (Å²) in [6.45, 7) is 16.4. The molecule has 0 unspecified atom stereocenters. The van der Waals surface area contributed by atoms with E-state index in [1.54, 1.807) is 0 Å². The maximum absolute atomic E-state index is 2.16. The van der Waals surface area contributed by atoms with Gasteiger partial charge in [0.2, 0.25) is 0 Å². The highest BCUT2D eigenvalue weighted by Crippen LogP contribution is 2.18. The second-order valence-corrected chi connectivity index (χ2v) is 8.20. The molecule has 0 heterocycles. The van der Waals surface area contributed by atoms with E-state index in [9.17, 15) is 0 Å². The molecule has 0 spiro atoms. The zero-order valence-electron chi connectivity index (χ0n) is 24.9. The Bertz CT molecular complexity index is 1040. The van der Waals surface area contributed by atoms with Crippen LogP contribution in [0.5, 0.6) is 0 Å². The third-order valence-corrected chi connectivity index (χ3v) is 4.98. The lowest BCUT2D eigenvalue weighted by atomic mass is 10.0. The molecule has 0 heteroatoms. The van der Waals surface area contributed by atoms with Crippen LogP contribution in [-0.2, 0) is 0 Å². The van der Waals surface area contributed by atoms with Gasteiger partial charge in [-0.25, -0.2) is 0 Å². The molecule has 0 aromatic heterocycles. The SMILES string of the molecule is CC.CC.Cc1ccc(-c2ccccc2)cc1.Cc1ccccc1.Cc1ccccc1.Cc1ccccc1. The highest BCUT2D eigenvalue weighted by Gasteiger charge is 1.93. The van der Waals surface area contributed by atoms with Crippen molar-refractivity contribution in [2.24, 2.45) is 0 Å². The molecule has 200 valence electrons. The normalized spacial score (nSPS) is 8.53. The minimum atomic E-state index is 1.28. The Morgan fingerprint density at radius 2 is 0.447 bits per heavy atom. The van der Waals surface area contributed by atoms with E-state index in [4.69, 9.17) is 0 Å². The summed E-state index contributed by atoms with van der Waals surface area (Å²) in [6.07, 6.45) is 0. The fourth-order valence-corrected chi connectivity index (χ4v) is 2.98. The second kappa shape index (κ2) is 23.5. The molecule has 38 heavy (non-hydrogen) atoms. The van der Waals surface area contributed by atoms with Gasteiger partial charge in [0.1, 0.15) is 0 Å². The molecule has 0 nitrogen and oxygen atoms in total. The first kappa shape index (κ1) is 34.1. The Labute approximate surface area is 234 Å². The van der Waals surface area contributed by atoms with Crippen LogP contribution in [0.3, 0.4) is 0 Å². The standard InChI is InChI=1S/C13H12.3C7H8.2C2H6/c1-11-7-9-13(10-8-11)12-5-3-2-4-6-12;3*1-7-5-3-2-4-6-7;2*1-2/h2-10H,1H3;3*2-6H,1H3;2*1-2H3. The van der Waals surface area contributed by atoms with Crippen molar-refractivity contribution in [1.29, 1.82) is 0 Å². The molecule has 5 aromatic rings. The lowest BCUT2D eigenvalue weighted by molar-refractivity contribution is 1.47. The number of rotatable bonds is 1. The van der Waals surface area contributed by atoms with Gasteiger partial charge in [0.25, 0.3) is 0 Å². The van der Waals surface area contributed by atoms with Gasteiger partial charge in [0.05, 0.1) is 0 Å². The van der Waals surface area contributed by atoms with Crippen LogP contribution >= 0.6 is 0 Å². The smallest absolute Gasteiger partial charge is 0.0184 e. The average molecular weight is 505 g/mol. The summed E-state index contributed by atoms with van der Waals surface area (Å²) in [6, 6.07) is 49.8. The summed E-state index contributed by atoms with van der Waals surface area (Å²) >= 11 is 0. The summed E-state index contributed by atoms with van der Waals surface area (Å²) in [5, 5.41) is 0. The molecule has 0 fully saturated rings. The summed E-state index contributed by atoms with van der Waals surface area (Å²) in [5.74, 6) is 0. The van der Waals surface area contributed by atoms with E-state index in [1.807, 2.05) is 88.4 Å². The molecule has 0 aliphatic rings. The van der Waals surface area contributed by atoms with E-state index in [0.29, 0.717) is 0 Å². The van der Waals surface area contributed by atoms with Gasteiger partial charge in [0, 0.05) is 0 Å². The van der Waals surface area contributed by atoms with Crippen LogP contribution in [-0.4, -0.2) is 0 Å². The van der Waals surface area contributed by atoms with Gasteiger partial charge in [-0.1, -0.05) is 196 Å². The molecule has 0 atom stereocenters. The minimum Gasteiger partial charge on any atom is -0.0683 e. The molecule has 5 aromatic carbocycles. The molecule has 5 rings (SSSR count). The van der Waals surface area contributed by atoms with E-state index < -0.39 is 0 Å². The maximum Gasteiger partial charge on any atom is -0.0184 e. The lowest BCUT2D eigenvalue weighted by Crippen LogP contribution is -1.76. The minimum absolute atomic E-state index is 1.28. The Kier molecular flexibility index (Phi) is 21.1. The fourth-order valence-electron chi connectivity index (χ4n) is 2.98. The van der Waals surface area contributed by atoms with Crippen LogP contribution in [0.1, 0.15) is 49.9 Å². The van der Waals surface area contributed by atoms with Crippen molar-refractivity contribution in [3.8, 4) is 11.1 Å². The molecule has 0 aliphatic heterocycles. The summed E-state index contributed by atoms with van der Waals surface area (Å²) in [4.78, 5) is 0. The highest BCUT2D eigenvalue weighted by atomic mass is 14.0. The fraction of sp³-hybridized carbons (Fsp3) is 0.211. The third-order valence-electron chi connectivity index (χ3n) is 4.98. The Balaban J connectivity index is 0.000000478. The van der Waals surface area contributed by atoms with Crippen LogP contribution in [0.2, 0.25) is 0 Å². The van der Waals surface area contributed by atoms with E-state index in [2.05, 4.69) is 113 Å². The van der Waals surface area contributed by atoms with Crippen LogP contribution in [0.4, 0.5) is 0 Å². The van der Waals surface area contributed by atoms with Gasteiger partial charge < -0.3 is 0 Å². The number of aryl methyl sites for hydroxylation is 4. The molecule has 0 bridgehead atoms. The molecule has 0 saturated heterocycles. The monoisotopic (exact) mass is 504 g/mol. The Morgan fingerprint density at radius 3 is 0.684 bits per heavy atom. The van der Waals surface area contributed by atoms with Gasteiger partial charge >= 0.3 is 0 Å².